The van der Waals surface area contributed by atoms with Crippen LogP contribution in [0.3, 0.4) is 0 Å². The van der Waals surface area contributed by atoms with Gasteiger partial charge in [0.15, 0.2) is 11.2 Å². The van der Waals surface area contributed by atoms with Crippen LogP contribution in [0.5, 0.6) is 11.7 Å². The fourth-order valence-electron chi connectivity index (χ4n) is 3.82. The molecule has 0 fully saturated rings. The van der Waals surface area contributed by atoms with Crippen LogP contribution in [-0.4, -0.2) is 16.5 Å². The Morgan fingerprint density at radius 1 is 1.28 bits per heavy atom. The van der Waals surface area contributed by atoms with Crippen molar-refractivity contribution >= 4 is 16.8 Å². The van der Waals surface area contributed by atoms with Gasteiger partial charge in [-0.15, -0.1) is 0 Å². The number of carbonyl (C=O) groups excluding carboxylic acids is 1. The molecule has 3 rings (SSSR count). The minimum Gasteiger partial charge on any atom is -0.508 e. The van der Waals surface area contributed by atoms with Crippen LogP contribution in [-0.2, 0) is 4.79 Å². The van der Waals surface area contributed by atoms with Crippen molar-refractivity contribution in [3.05, 3.63) is 57.3 Å². The van der Waals surface area contributed by atoms with Crippen molar-refractivity contribution in [3.63, 3.8) is 0 Å². The highest BCUT2D eigenvalue weighted by Crippen LogP contribution is 2.46. The monoisotopic (exact) mass is 396 g/mol. The summed E-state index contributed by atoms with van der Waals surface area (Å²) in [5, 5.41) is 10.1. The first-order valence-corrected chi connectivity index (χ1v) is 9.93. The summed E-state index contributed by atoms with van der Waals surface area (Å²) in [5.41, 5.74) is 2.19. The Balaban J connectivity index is 1.77. The van der Waals surface area contributed by atoms with Crippen molar-refractivity contribution < 1.29 is 19.1 Å². The molecule has 29 heavy (non-hydrogen) atoms. The number of phenols is 1. The second-order valence-corrected chi connectivity index (χ2v) is 8.40. The van der Waals surface area contributed by atoms with Crippen molar-refractivity contribution in [2.45, 2.75) is 65.4 Å². The fourth-order valence-corrected chi connectivity index (χ4v) is 3.82. The third-order valence-corrected chi connectivity index (χ3v) is 5.59. The molecule has 1 aliphatic rings. The lowest BCUT2D eigenvalue weighted by atomic mass is 9.83. The second-order valence-electron chi connectivity index (χ2n) is 8.40. The van der Waals surface area contributed by atoms with Crippen molar-refractivity contribution in [2.24, 2.45) is 0 Å². The van der Waals surface area contributed by atoms with E-state index in [9.17, 15) is 14.7 Å². The highest BCUT2D eigenvalue weighted by atomic mass is 16.6. The number of carbonyl (C=O) groups is 1. The number of aromatic hydroxyl groups is 1. The van der Waals surface area contributed by atoms with E-state index in [-0.39, 0.29) is 28.8 Å². The van der Waals surface area contributed by atoms with E-state index in [0.29, 0.717) is 29.4 Å². The fraction of sp³-hybridized carbons (Fsp3) is 0.417. The molecule has 1 aromatic carbocycles. The van der Waals surface area contributed by atoms with Gasteiger partial charge >= 0.3 is 0 Å². The van der Waals surface area contributed by atoms with Crippen LogP contribution in [0.1, 0.15) is 65.4 Å². The molecule has 0 amide bonds. The summed E-state index contributed by atoms with van der Waals surface area (Å²) in [7, 11) is 0. The first-order chi connectivity index (χ1) is 13.6. The third kappa shape index (κ3) is 4.29. The van der Waals surface area contributed by atoms with Gasteiger partial charge < -0.3 is 14.3 Å². The normalized spacial score (nSPS) is 21.0. The Labute approximate surface area is 170 Å². The summed E-state index contributed by atoms with van der Waals surface area (Å²) in [5.74, 6) is 0.251. The van der Waals surface area contributed by atoms with Crippen LogP contribution >= 0.6 is 0 Å². The Bertz CT molecular complexity index is 1070. The lowest BCUT2D eigenvalue weighted by molar-refractivity contribution is -0.114. The molecule has 0 saturated carbocycles. The van der Waals surface area contributed by atoms with Crippen molar-refractivity contribution in [2.75, 3.05) is 0 Å². The Morgan fingerprint density at radius 3 is 2.69 bits per heavy atom. The smallest absolute Gasteiger partial charge is 0.293 e. The molecule has 1 N–H and O–H groups in total. The van der Waals surface area contributed by atoms with Crippen molar-refractivity contribution in [1.29, 1.82) is 0 Å². The van der Waals surface area contributed by atoms with Crippen molar-refractivity contribution in [1.82, 2.24) is 0 Å². The van der Waals surface area contributed by atoms with Gasteiger partial charge in [-0.2, -0.15) is 0 Å². The molecule has 1 aromatic heterocycles. The number of ether oxygens (including phenoxy) is 1. The molecule has 2 aromatic rings. The molecular formula is C24H28O5. The van der Waals surface area contributed by atoms with Gasteiger partial charge in [-0.3, -0.25) is 9.59 Å². The average Bonchev–Trinajstić information content (AvgIpc) is 2.84. The SMILES string of the molecule is CC(C)=CC(=O)C/C(C)=C/CC[C@]1(C)Oc2oc3cc(O)ccc3c(=O)c2C1C. The summed E-state index contributed by atoms with van der Waals surface area (Å²) < 4.78 is 11.9. The van der Waals surface area contributed by atoms with Crippen LogP contribution in [0.25, 0.3) is 11.0 Å². The minimum atomic E-state index is -0.578. The predicted molar refractivity (Wildman–Crippen MR) is 114 cm³/mol. The van der Waals surface area contributed by atoms with Gasteiger partial charge in [0.1, 0.15) is 16.9 Å². The molecule has 0 saturated heterocycles. The maximum atomic E-state index is 12.9. The molecule has 0 aliphatic carbocycles. The second kappa shape index (κ2) is 7.90. The zero-order chi connectivity index (χ0) is 21.3. The number of phenolic OH excluding ortho intramolecular Hbond substituents is 1. The van der Waals surface area contributed by atoms with Gasteiger partial charge in [-0.05, 0) is 58.7 Å². The lowest BCUT2D eigenvalue weighted by Crippen LogP contribution is -2.33. The van der Waals surface area contributed by atoms with Crippen molar-refractivity contribution in [3.8, 4) is 11.7 Å². The summed E-state index contributed by atoms with van der Waals surface area (Å²) in [4.78, 5) is 24.9. The Morgan fingerprint density at radius 2 is 2.00 bits per heavy atom. The number of hydrogen-bond donors (Lipinski definition) is 1. The van der Waals surface area contributed by atoms with Crippen LogP contribution < -0.4 is 10.2 Å². The highest BCUT2D eigenvalue weighted by Gasteiger charge is 2.45. The largest absolute Gasteiger partial charge is 0.508 e. The van der Waals surface area contributed by atoms with Gasteiger partial charge in [0.05, 0.1) is 10.9 Å². The Kier molecular flexibility index (Phi) is 5.69. The molecule has 2 heterocycles. The van der Waals surface area contributed by atoms with E-state index in [2.05, 4.69) is 6.08 Å². The van der Waals surface area contributed by atoms with Crippen LogP contribution in [0.2, 0.25) is 0 Å². The number of rotatable bonds is 6. The molecule has 154 valence electrons. The van der Waals surface area contributed by atoms with E-state index in [4.69, 9.17) is 9.15 Å². The molecule has 5 heteroatoms. The third-order valence-electron chi connectivity index (χ3n) is 5.59. The van der Waals surface area contributed by atoms with Gasteiger partial charge in [-0.1, -0.05) is 24.1 Å². The van der Waals surface area contributed by atoms with Crippen LogP contribution in [0.15, 0.2) is 50.7 Å². The molecule has 1 unspecified atom stereocenters. The number of fused-ring (bicyclic) bond motifs is 2. The summed E-state index contributed by atoms with van der Waals surface area (Å²) in [6.07, 6.45) is 5.56. The number of allylic oxidation sites excluding steroid dienone is 4. The van der Waals surface area contributed by atoms with Crippen LogP contribution in [0, 0.1) is 0 Å². The number of ketones is 1. The maximum Gasteiger partial charge on any atom is 0.293 e. The number of hydrogen-bond acceptors (Lipinski definition) is 5. The molecule has 0 radical (unpaired) electrons. The molecule has 2 atom stereocenters. The quantitative estimate of drug-likeness (QED) is 0.522. The van der Waals surface area contributed by atoms with Gasteiger partial charge in [0.25, 0.3) is 5.95 Å². The predicted octanol–water partition coefficient (Wildman–Crippen LogP) is 5.41. The zero-order valence-electron chi connectivity index (χ0n) is 17.7. The summed E-state index contributed by atoms with van der Waals surface area (Å²) in [6.45, 7) is 9.73. The highest BCUT2D eigenvalue weighted by molar-refractivity contribution is 5.91. The van der Waals surface area contributed by atoms with Gasteiger partial charge in [0.2, 0.25) is 0 Å². The van der Waals surface area contributed by atoms with E-state index >= 15 is 0 Å². The van der Waals surface area contributed by atoms with E-state index < -0.39 is 5.60 Å². The molecule has 1 aliphatic heterocycles. The van der Waals surface area contributed by atoms with E-state index in [1.165, 1.54) is 12.1 Å². The summed E-state index contributed by atoms with van der Waals surface area (Å²) >= 11 is 0. The molecular weight excluding hydrogens is 368 g/mol. The molecule has 5 nitrogen and oxygen atoms in total. The first kappa shape index (κ1) is 20.9. The Hall–Kier alpha value is -2.82. The lowest BCUT2D eigenvalue weighted by Gasteiger charge is -2.27. The average molecular weight is 396 g/mol. The molecule has 0 bridgehead atoms. The van der Waals surface area contributed by atoms with Crippen LogP contribution in [0.4, 0.5) is 0 Å². The van der Waals surface area contributed by atoms with E-state index in [0.717, 1.165) is 17.6 Å². The topological polar surface area (TPSA) is 76.7 Å². The summed E-state index contributed by atoms with van der Waals surface area (Å²) in [6, 6.07) is 4.49. The van der Waals surface area contributed by atoms with Gasteiger partial charge in [0, 0.05) is 18.4 Å². The van der Waals surface area contributed by atoms with E-state index in [1.54, 1.807) is 12.1 Å². The maximum absolute atomic E-state index is 12.9. The number of benzene rings is 1. The zero-order valence-corrected chi connectivity index (χ0v) is 17.7. The molecule has 0 spiro atoms. The van der Waals surface area contributed by atoms with Gasteiger partial charge in [-0.25, -0.2) is 0 Å². The first-order valence-electron chi connectivity index (χ1n) is 9.93. The minimum absolute atomic E-state index is 0.0395. The standard InChI is InChI=1S/C24H28O5/c1-14(2)11-18(26)12-15(3)7-6-10-24(5)16(4)21-22(27)19-9-8-17(25)13-20(19)28-23(21)29-24/h7-9,11,13,16,25H,6,10,12H2,1-5H3/b15-7+/t16?,24-/m0/s1. The van der Waals surface area contributed by atoms with E-state index in [1.807, 2.05) is 34.6 Å².